The Labute approximate surface area is 164 Å². The SMILES string of the molecule is COc1cc(/C=C(\C#N)C(N)=C(C#N)C#N)ccc1OCCc1ccccc1. The molecule has 138 valence electrons. The van der Waals surface area contributed by atoms with E-state index in [1.165, 1.54) is 18.7 Å². The summed E-state index contributed by atoms with van der Waals surface area (Å²) in [5.41, 5.74) is 7.11. The van der Waals surface area contributed by atoms with Gasteiger partial charge in [0.1, 0.15) is 18.2 Å². The first-order valence-electron chi connectivity index (χ1n) is 8.39. The number of hydrogen-bond donors (Lipinski definition) is 1. The molecule has 0 radical (unpaired) electrons. The van der Waals surface area contributed by atoms with Gasteiger partial charge in [-0.15, -0.1) is 0 Å². The quantitative estimate of drug-likeness (QED) is 0.589. The highest BCUT2D eigenvalue weighted by Crippen LogP contribution is 2.29. The summed E-state index contributed by atoms with van der Waals surface area (Å²) in [6, 6.07) is 20.4. The number of rotatable bonds is 7. The fourth-order valence-electron chi connectivity index (χ4n) is 2.43. The summed E-state index contributed by atoms with van der Waals surface area (Å²) in [6.45, 7) is 0.488. The van der Waals surface area contributed by atoms with Crippen molar-refractivity contribution < 1.29 is 9.47 Å². The highest BCUT2D eigenvalue weighted by atomic mass is 16.5. The Morgan fingerprint density at radius 1 is 1.00 bits per heavy atom. The number of nitrogens with two attached hydrogens (primary N) is 1. The van der Waals surface area contributed by atoms with Gasteiger partial charge in [0.2, 0.25) is 0 Å². The smallest absolute Gasteiger partial charge is 0.161 e. The summed E-state index contributed by atoms with van der Waals surface area (Å²) < 4.78 is 11.2. The van der Waals surface area contributed by atoms with Gasteiger partial charge in [-0.1, -0.05) is 36.4 Å². The summed E-state index contributed by atoms with van der Waals surface area (Å²) in [5.74, 6) is 1.08. The summed E-state index contributed by atoms with van der Waals surface area (Å²) in [7, 11) is 1.52. The Balaban J connectivity index is 2.20. The molecule has 0 fully saturated rings. The molecule has 6 heteroatoms. The molecule has 2 N–H and O–H groups in total. The Hall–Kier alpha value is -4.21. The van der Waals surface area contributed by atoms with E-state index in [0.29, 0.717) is 23.7 Å². The first-order valence-corrected chi connectivity index (χ1v) is 8.39. The van der Waals surface area contributed by atoms with Crippen molar-refractivity contribution in [3.05, 3.63) is 76.5 Å². The third-order valence-electron chi connectivity index (χ3n) is 3.89. The molecule has 0 aliphatic rings. The standard InChI is InChI=1S/C22H18N4O2/c1-27-21-12-17(11-18(13-23)22(26)19(14-24)15-25)7-8-20(21)28-10-9-16-5-3-2-4-6-16/h2-8,11-12H,9-10,26H2,1H3/b18-11+. The van der Waals surface area contributed by atoms with Gasteiger partial charge in [0.25, 0.3) is 0 Å². The van der Waals surface area contributed by atoms with E-state index in [2.05, 4.69) is 0 Å². The van der Waals surface area contributed by atoms with Crippen LogP contribution < -0.4 is 15.2 Å². The van der Waals surface area contributed by atoms with Crippen LogP contribution in [-0.4, -0.2) is 13.7 Å². The van der Waals surface area contributed by atoms with Gasteiger partial charge >= 0.3 is 0 Å². The van der Waals surface area contributed by atoms with Gasteiger partial charge in [0, 0.05) is 6.42 Å². The van der Waals surface area contributed by atoms with Crippen molar-refractivity contribution in [1.29, 1.82) is 15.8 Å². The van der Waals surface area contributed by atoms with Crippen LogP contribution in [0, 0.1) is 34.0 Å². The molecule has 28 heavy (non-hydrogen) atoms. The predicted molar refractivity (Wildman–Crippen MR) is 105 cm³/mol. The average Bonchev–Trinajstić information content (AvgIpc) is 2.74. The van der Waals surface area contributed by atoms with E-state index in [9.17, 15) is 5.26 Å². The molecule has 0 saturated carbocycles. The third-order valence-corrected chi connectivity index (χ3v) is 3.89. The third kappa shape index (κ3) is 5.14. The highest BCUT2D eigenvalue weighted by Gasteiger charge is 2.10. The number of ether oxygens (including phenoxy) is 2. The molecule has 0 amide bonds. The maximum Gasteiger partial charge on any atom is 0.161 e. The lowest BCUT2D eigenvalue weighted by Gasteiger charge is -2.11. The second-order valence-corrected chi connectivity index (χ2v) is 5.68. The molecule has 0 heterocycles. The van der Waals surface area contributed by atoms with Crippen LogP contribution in [0.25, 0.3) is 6.08 Å². The zero-order valence-electron chi connectivity index (χ0n) is 15.3. The number of nitriles is 3. The van der Waals surface area contributed by atoms with Crippen LogP contribution in [0.15, 0.2) is 65.4 Å². The molecule has 2 aromatic rings. The minimum absolute atomic E-state index is 0.0258. The topological polar surface area (TPSA) is 116 Å². The second kappa shape index (κ2) is 10.1. The molecule has 0 saturated heterocycles. The molecule has 0 bridgehead atoms. The monoisotopic (exact) mass is 370 g/mol. The lowest BCUT2D eigenvalue weighted by molar-refractivity contribution is 0.297. The molecule has 0 aliphatic heterocycles. The van der Waals surface area contributed by atoms with E-state index < -0.39 is 0 Å². The molecule has 0 unspecified atom stereocenters. The van der Waals surface area contributed by atoms with Crippen molar-refractivity contribution in [2.75, 3.05) is 13.7 Å². The lowest BCUT2D eigenvalue weighted by atomic mass is 10.1. The van der Waals surface area contributed by atoms with Crippen LogP contribution >= 0.6 is 0 Å². The molecule has 0 atom stereocenters. The van der Waals surface area contributed by atoms with Crippen LogP contribution in [0.1, 0.15) is 11.1 Å². The highest BCUT2D eigenvalue weighted by molar-refractivity contribution is 5.67. The number of allylic oxidation sites excluding steroid dienone is 2. The summed E-state index contributed by atoms with van der Waals surface area (Å²) in [4.78, 5) is 0. The zero-order chi connectivity index (χ0) is 20.4. The molecule has 2 aromatic carbocycles. The zero-order valence-corrected chi connectivity index (χ0v) is 15.3. The Bertz CT molecular complexity index is 1000. The van der Waals surface area contributed by atoms with Gasteiger partial charge in [0.05, 0.1) is 25.0 Å². The van der Waals surface area contributed by atoms with Crippen molar-refractivity contribution in [1.82, 2.24) is 0 Å². The molecule has 0 aliphatic carbocycles. The van der Waals surface area contributed by atoms with Gasteiger partial charge in [0.15, 0.2) is 17.1 Å². The molecular weight excluding hydrogens is 352 g/mol. The minimum Gasteiger partial charge on any atom is -0.493 e. The van der Waals surface area contributed by atoms with E-state index >= 15 is 0 Å². The van der Waals surface area contributed by atoms with Gasteiger partial charge in [-0.05, 0) is 29.3 Å². The largest absolute Gasteiger partial charge is 0.493 e. The van der Waals surface area contributed by atoms with Crippen LogP contribution in [0.3, 0.4) is 0 Å². The summed E-state index contributed by atoms with van der Waals surface area (Å²) in [5, 5.41) is 27.1. The van der Waals surface area contributed by atoms with Crippen molar-refractivity contribution in [3.63, 3.8) is 0 Å². The molecule has 0 aromatic heterocycles. The average molecular weight is 370 g/mol. The van der Waals surface area contributed by atoms with E-state index in [4.69, 9.17) is 25.7 Å². The normalized spacial score (nSPS) is 10.1. The van der Waals surface area contributed by atoms with Crippen LogP contribution in [0.2, 0.25) is 0 Å². The van der Waals surface area contributed by atoms with Gasteiger partial charge in [-0.3, -0.25) is 0 Å². The fraction of sp³-hybridized carbons (Fsp3) is 0.136. The minimum atomic E-state index is -0.305. The van der Waals surface area contributed by atoms with Crippen molar-refractivity contribution in [2.45, 2.75) is 6.42 Å². The first-order chi connectivity index (χ1) is 13.6. The number of methoxy groups -OCH3 is 1. The Morgan fingerprint density at radius 2 is 1.71 bits per heavy atom. The summed E-state index contributed by atoms with van der Waals surface area (Å²) >= 11 is 0. The lowest BCUT2D eigenvalue weighted by Crippen LogP contribution is -2.04. The van der Waals surface area contributed by atoms with Crippen LogP contribution in [0.4, 0.5) is 0 Å². The number of hydrogen-bond acceptors (Lipinski definition) is 6. The fourth-order valence-corrected chi connectivity index (χ4v) is 2.43. The molecule has 2 rings (SSSR count). The van der Waals surface area contributed by atoms with E-state index in [0.717, 1.165) is 6.42 Å². The molecule has 6 nitrogen and oxygen atoms in total. The van der Waals surface area contributed by atoms with Crippen molar-refractivity contribution in [2.24, 2.45) is 5.73 Å². The second-order valence-electron chi connectivity index (χ2n) is 5.68. The van der Waals surface area contributed by atoms with Crippen molar-refractivity contribution in [3.8, 4) is 29.7 Å². The Kier molecular flexibility index (Phi) is 7.23. The van der Waals surface area contributed by atoms with Gasteiger partial charge < -0.3 is 15.2 Å². The number of nitrogens with zero attached hydrogens (tertiary/aromatic N) is 3. The van der Waals surface area contributed by atoms with E-state index in [1.807, 2.05) is 36.4 Å². The first kappa shape index (κ1) is 20.1. The van der Waals surface area contributed by atoms with Crippen LogP contribution in [0.5, 0.6) is 11.5 Å². The van der Waals surface area contributed by atoms with Crippen molar-refractivity contribution >= 4 is 6.08 Å². The van der Waals surface area contributed by atoms with Gasteiger partial charge in [-0.2, -0.15) is 15.8 Å². The number of benzene rings is 2. The van der Waals surface area contributed by atoms with E-state index in [1.54, 1.807) is 30.3 Å². The maximum absolute atomic E-state index is 9.30. The maximum atomic E-state index is 9.30. The predicted octanol–water partition coefficient (Wildman–Crippen LogP) is 3.48. The summed E-state index contributed by atoms with van der Waals surface area (Å²) in [6.07, 6.45) is 2.25. The van der Waals surface area contributed by atoms with E-state index in [-0.39, 0.29) is 16.8 Å². The Morgan fingerprint density at radius 3 is 2.32 bits per heavy atom. The molecular formula is C22H18N4O2. The van der Waals surface area contributed by atoms with Crippen LogP contribution in [-0.2, 0) is 6.42 Å². The molecule has 0 spiro atoms. The van der Waals surface area contributed by atoms with Gasteiger partial charge in [-0.25, -0.2) is 0 Å².